The van der Waals surface area contributed by atoms with Crippen molar-refractivity contribution in [2.45, 2.75) is 65.2 Å². The average molecular weight is 520 g/mol. The van der Waals surface area contributed by atoms with Gasteiger partial charge in [0, 0.05) is 31.2 Å². The molecule has 1 saturated heterocycles. The second-order valence-electron chi connectivity index (χ2n) is 11.2. The van der Waals surface area contributed by atoms with Crippen molar-refractivity contribution >= 4 is 17.1 Å². The number of hydrogen-bond acceptors (Lipinski definition) is 8. The number of amides is 1. The summed E-state index contributed by atoms with van der Waals surface area (Å²) in [6, 6.07) is 9.61. The van der Waals surface area contributed by atoms with Crippen LogP contribution in [0.1, 0.15) is 62.5 Å². The van der Waals surface area contributed by atoms with Crippen molar-refractivity contribution in [1.29, 1.82) is 5.26 Å². The maximum Gasteiger partial charge on any atom is 0.410 e. The number of fused-ring (bicyclic) bond motifs is 1. The first kappa shape index (κ1) is 27.4. The normalized spacial score (nSPS) is 14.6. The number of carbonyl (C=O) groups is 1. The van der Waals surface area contributed by atoms with Crippen molar-refractivity contribution in [2.75, 3.05) is 27.2 Å². The summed E-state index contributed by atoms with van der Waals surface area (Å²) in [5, 5.41) is 14.4. The molecule has 0 bridgehead atoms. The first-order chi connectivity index (χ1) is 18.1. The monoisotopic (exact) mass is 519 g/mol. The summed E-state index contributed by atoms with van der Waals surface area (Å²) in [6.07, 6.45) is 5.06. The van der Waals surface area contributed by atoms with Crippen LogP contribution in [0, 0.1) is 17.2 Å². The van der Waals surface area contributed by atoms with Crippen LogP contribution < -0.4 is 4.74 Å². The van der Waals surface area contributed by atoms with E-state index in [1.165, 1.54) is 0 Å². The molecular weight excluding hydrogens is 482 g/mol. The lowest BCUT2D eigenvalue weighted by molar-refractivity contribution is 0.0181. The van der Waals surface area contributed by atoms with Crippen molar-refractivity contribution in [2.24, 2.45) is 5.92 Å². The molecule has 3 heterocycles. The standard InChI is InChI=1S/C29H37N5O4/c1-29(2,3)37-28(35)34-14-12-20(13-15-34)7-10-25-23-9-11-26(24(18-33(4)5)27(23)38-32-25)36-19-22-8-6-21(16-30)17-31-22/h6,8-9,11,17,20H,7,10,12-15,18-19H2,1-5H3. The van der Waals surface area contributed by atoms with E-state index in [0.717, 1.165) is 72.4 Å². The number of aromatic nitrogens is 2. The Morgan fingerprint density at radius 2 is 1.97 bits per heavy atom. The molecule has 0 radical (unpaired) electrons. The molecule has 1 aliphatic rings. The van der Waals surface area contributed by atoms with Crippen LogP contribution in [0.4, 0.5) is 4.79 Å². The Bertz CT molecular complexity index is 1280. The topological polar surface area (TPSA) is 105 Å². The van der Waals surface area contributed by atoms with Crippen LogP contribution in [0.15, 0.2) is 35.0 Å². The third kappa shape index (κ3) is 7.01. The van der Waals surface area contributed by atoms with Crippen LogP contribution in [0.25, 0.3) is 11.0 Å². The fourth-order valence-corrected chi connectivity index (χ4v) is 4.67. The molecule has 1 fully saturated rings. The molecule has 0 N–H and O–H groups in total. The molecule has 3 aromatic rings. The maximum atomic E-state index is 12.4. The van der Waals surface area contributed by atoms with Gasteiger partial charge in [-0.15, -0.1) is 0 Å². The summed E-state index contributed by atoms with van der Waals surface area (Å²) in [4.78, 5) is 20.5. The van der Waals surface area contributed by atoms with Crippen molar-refractivity contribution in [3.8, 4) is 11.8 Å². The van der Waals surface area contributed by atoms with Crippen LogP contribution >= 0.6 is 0 Å². The van der Waals surface area contributed by atoms with Gasteiger partial charge in [0.1, 0.15) is 24.0 Å². The number of piperidine rings is 1. The molecule has 0 spiro atoms. The third-order valence-corrected chi connectivity index (χ3v) is 6.63. The second-order valence-corrected chi connectivity index (χ2v) is 11.2. The number of aryl methyl sites for hydroxylation is 1. The van der Waals surface area contributed by atoms with Crippen LogP contribution in [-0.4, -0.2) is 58.8 Å². The van der Waals surface area contributed by atoms with E-state index in [-0.39, 0.29) is 6.09 Å². The highest BCUT2D eigenvalue weighted by Gasteiger charge is 2.27. The quantitative estimate of drug-likeness (QED) is 0.394. The van der Waals surface area contributed by atoms with Crippen LogP contribution in [0.2, 0.25) is 0 Å². The summed E-state index contributed by atoms with van der Waals surface area (Å²) < 4.78 is 17.5. The SMILES string of the molecule is CN(C)Cc1c(OCc2ccc(C#N)cn2)ccc2c(CCC3CCN(C(=O)OC(C)(C)C)CC3)noc12. The van der Waals surface area contributed by atoms with E-state index in [4.69, 9.17) is 19.3 Å². The minimum atomic E-state index is -0.473. The fraction of sp³-hybridized carbons (Fsp3) is 0.517. The number of ether oxygens (including phenoxy) is 2. The maximum absolute atomic E-state index is 12.4. The second kappa shape index (κ2) is 11.8. The van der Waals surface area contributed by atoms with Crippen molar-refractivity contribution < 1.29 is 18.8 Å². The minimum absolute atomic E-state index is 0.222. The van der Waals surface area contributed by atoms with Gasteiger partial charge in [0.15, 0.2) is 5.58 Å². The molecule has 38 heavy (non-hydrogen) atoms. The zero-order valence-electron chi connectivity index (χ0n) is 23.0. The molecule has 2 aromatic heterocycles. The van der Waals surface area contributed by atoms with Gasteiger partial charge in [0.05, 0.1) is 22.5 Å². The lowest BCUT2D eigenvalue weighted by atomic mass is 9.91. The Morgan fingerprint density at radius 1 is 1.21 bits per heavy atom. The van der Waals surface area contributed by atoms with E-state index in [1.54, 1.807) is 18.3 Å². The number of hydrogen-bond donors (Lipinski definition) is 0. The van der Waals surface area contributed by atoms with Crippen molar-refractivity contribution in [3.05, 3.63) is 53.0 Å². The number of carbonyl (C=O) groups excluding carboxylic acids is 1. The smallest absolute Gasteiger partial charge is 0.410 e. The summed E-state index contributed by atoms with van der Waals surface area (Å²) >= 11 is 0. The molecular formula is C29H37N5O4. The highest BCUT2D eigenvalue weighted by molar-refractivity contribution is 5.84. The largest absolute Gasteiger partial charge is 0.487 e. The molecule has 4 rings (SSSR count). The van der Waals surface area contributed by atoms with Gasteiger partial charge in [-0.05, 0) is 90.7 Å². The molecule has 202 valence electrons. The van der Waals surface area contributed by atoms with Gasteiger partial charge in [-0.25, -0.2) is 4.79 Å². The van der Waals surface area contributed by atoms with Gasteiger partial charge in [0.25, 0.3) is 0 Å². The molecule has 1 amide bonds. The van der Waals surface area contributed by atoms with E-state index in [1.807, 2.05) is 51.9 Å². The number of likely N-dealkylation sites (tertiary alicyclic amines) is 1. The molecule has 1 aromatic carbocycles. The average Bonchev–Trinajstić information content (AvgIpc) is 3.29. The fourth-order valence-electron chi connectivity index (χ4n) is 4.67. The van der Waals surface area contributed by atoms with E-state index in [9.17, 15) is 4.79 Å². The number of rotatable bonds is 8. The van der Waals surface area contributed by atoms with Crippen LogP contribution in [0.3, 0.4) is 0 Å². The number of nitriles is 1. The number of nitrogens with zero attached hydrogens (tertiary/aromatic N) is 5. The molecule has 1 aliphatic heterocycles. The highest BCUT2D eigenvalue weighted by atomic mass is 16.6. The lowest BCUT2D eigenvalue weighted by Crippen LogP contribution is -2.41. The zero-order valence-corrected chi connectivity index (χ0v) is 23.0. The van der Waals surface area contributed by atoms with Crippen molar-refractivity contribution in [3.63, 3.8) is 0 Å². The van der Waals surface area contributed by atoms with E-state index in [2.05, 4.69) is 21.1 Å². The summed E-state index contributed by atoms with van der Waals surface area (Å²) in [5.41, 5.74) is 3.44. The first-order valence-corrected chi connectivity index (χ1v) is 13.1. The Balaban J connectivity index is 1.40. The Kier molecular flexibility index (Phi) is 8.52. The third-order valence-electron chi connectivity index (χ3n) is 6.63. The Labute approximate surface area is 224 Å². The molecule has 0 atom stereocenters. The van der Waals surface area contributed by atoms with Gasteiger partial charge in [-0.1, -0.05) is 5.16 Å². The van der Waals surface area contributed by atoms with Gasteiger partial charge in [0.2, 0.25) is 0 Å². The molecule has 9 heteroatoms. The molecule has 0 unspecified atom stereocenters. The zero-order chi connectivity index (χ0) is 27.3. The van der Waals surface area contributed by atoms with E-state index in [0.29, 0.717) is 24.6 Å². The lowest BCUT2D eigenvalue weighted by Gasteiger charge is -2.33. The minimum Gasteiger partial charge on any atom is -0.487 e. The number of benzene rings is 1. The van der Waals surface area contributed by atoms with Gasteiger partial charge in [-0.2, -0.15) is 5.26 Å². The van der Waals surface area contributed by atoms with Crippen LogP contribution in [-0.2, 0) is 24.3 Å². The molecule has 0 saturated carbocycles. The predicted octanol–water partition coefficient (Wildman–Crippen LogP) is 5.31. The summed E-state index contributed by atoms with van der Waals surface area (Å²) in [6.45, 7) is 8.07. The first-order valence-electron chi connectivity index (χ1n) is 13.1. The highest BCUT2D eigenvalue weighted by Crippen LogP contribution is 2.33. The van der Waals surface area contributed by atoms with E-state index >= 15 is 0 Å². The predicted molar refractivity (Wildman–Crippen MR) is 144 cm³/mol. The molecule has 0 aliphatic carbocycles. The van der Waals surface area contributed by atoms with Gasteiger partial charge >= 0.3 is 6.09 Å². The Hall–Kier alpha value is -3.64. The van der Waals surface area contributed by atoms with Crippen molar-refractivity contribution in [1.82, 2.24) is 19.9 Å². The summed E-state index contributed by atoms with van der Waals surface area (Å²) in [7, 11) is 4.01. The number of pyridine rings is 1. The summed E-state index contributed by atoms with van der Waals surface area (Å²) in [5.74, 6) is 1.26. The van der Waals surface area contributed by atoms with E-state index < -0.39 is 5.60 Å². The Morgan fingerprint density at radius 3 is 2.61 bits per heavy atom. The molecule has 9 nitrogen and oxygen atoms in total. The van der Waals surface area contributed by atoms with Crippen LogP contribution in [0.5, 0.6) is 5.75 Å². The van der Waals surface area contributed by atoms with Gasteiger partial charge in [-0.3, -0.25) is 4.98 Å². The van der Waals surface area contributed by atoms with Gasteiger partial charge < -0.3 is 23.8 Å².